The predicted octanol–water partition coefficient (Wildman–Crippen LogP) is 4.48. The van der Waals surface area contributed by atoms with E-state index in [1.807, 2.05) is 31.2 Å². The summed E-state index contributed by atoms with van der Waals surface area (Å²) in [7, 11) is 0. The first-order valence-corrected chi connectivity index (χ1v) is 7.72. The monoisotopic (exact) mass is 310 g/mol. The molecule has 1 atom stereocenters. The summed E-state index contributed by atoms with van der Waals surface area (Å²) in [5, 5.41) is 10.8. The van der Waals surface area contributed by atoms with Gasteiger partial charge in [-0.05, 0) is 60.9 Å². The van der Waals surface area contributed by atoms with Crippen LogP contribution in [0.2, 0.25) is 5.02 Å². The minimum atomic E-state index is -0.504. The highest BCUT2D eigenvalue weighted by Gasteiger charge is 2.09. The topological polar surface area (TPSA) is 20.2 Å². The number of halogens is 2. The Kier molecular flexibility index (Phi) is 5.46. The van der Waals surface area contributed by atoms with Crippen LogP contribution >= 0.6 is 23.4 Å². The molecule has 0 radical (unpaired) electrons. The zero-order valence-corrected chi connectivity index (χ0v) is 12.7. The van der Waals surface area contributed by atoms with E-state index in [-0.39, 0.29) is 5.82 Å². The molecule has 20 heavy (non-hydrogen) atoms. The van der Waals surface area contributed by atoms with Gasteiger partial charge in [-0.3, -0.25) is 0 Å². The summed E-state index contributed by atoms with van der Waals surface area (Å²) < 4.78 is 13.2. The van der Waals surface area contributed by atoms with Crippen molar-refractivity contribution in [1.29, 1.82) is 0 Å². The van der Waals surface area contributed by atoms with Crippen LogP contribution in [0.1, 0.15) is 11.1 Å². The standard InChI is InChI=1S/C16H16ClFOS/c1-11-2-5-14(18)8-12(11)9-15(19)10-20-16-6-3-13(17)4-7-16/h2-8,15,19H,9-10H2,1H3. The molecule has 0 aromatic heterocycles. The maximum Gasteiger partial charge on any atom is 0.123 e. The molecule has 0 fully saturated rings. The first kappa shape index (κ1) is 15.4. The average Bonchev–Trinajstić information content (AvgIpc) is 2.42. The number of hydrogen-bond acceptors (Lipinski definition) is 2. The average molecular weight is 311 g/mol. The number of thioether (sulfide) groups is 1. The largest absolute Gasteiger partial charge is 0.392 e. The summed E-state index contributed by atoms with van der Waals surface area (Å²) in [5.41, 5.74) is 1.86. The SMILES string of the molecule is Cc1ccc(F)cc1CC(O)CSc1ccc(Cl)cc1. The van der Waals surface area contributed by atoms with E-state index in [0.717, 1.165) is 16.0 Å². The maximum atomic E-state index is 13.2. The molecule has 0 saturated carbocycles. The Morgan fingerprint density at radius 2 is 1.90 bits per heavy atom. The van der Waals surface area contributed by atoms with Crippen LogP contribution in [0.4, 0.5) is 4.39 Å². The highest BCUT2D eigenvalue weighted by molar-refractivity contribution is 7.99. The molecule has 0 saturated heterocycles. The third-order valence-electron chi connectivity index (χ3n) is 3.02. The van der Waals surface area contributed by atoms with E-state index in [2.05, 4.69) is 0 Å². The second kappa shape index (κ2) is 7.11. The van der Waals surface area contributed by atoms with Crippen LogP contribution in [0, 0.1) is 12.7 Å². The molecule has 0 heterocycles. The molecule has 2 aromatic rings. The zero-order valence-electron chi connectivity index (χ0n) is 11.1. The van der Waals surface area contributed by atoms with E-state index in [4.69, 9.17) is 11.6 Å². The predicted molar refractivity (Wildman–Crippen MR) is 83.0 cm³/mol. The van der Waals surface area contributed by atoms with Gasteiger partial charge in [-0.25, -0.2) is 4.39 Å². The Bertz CT molecular complexity index is 571. The molecule has 0 aliphatic rings. The number of rotatable bonds is 5. The summed E-state index contributed by atoms with van der Waals surface area (Å²) in [6, 6.07) is 12.2. The molecule has 0 amide bonds. The van der Waals surface area contributed by atoms with Gasteiger partial charge in [0.1, 0.15) is 5.82 Å². The van der Waals surface area contributed by atoms with Crippen molar-refractivity contribution >= 4 is 23.4 Å². The summed E-state index contributed by atoms with van der Waals surface area (Å²) >= 11 is 7.38. The van der Waals surface area contributed by atoms with Crippen LogP contribution in [0.25, 0.3) is 0 Å². The molecule has 0 spiro atoms. The van der Waals surface area contributed by atoms with E-state index in [1.165, 1.54) is 12.1 Å². The Hall–Kier alpha value is -1.03. The van der Waals surface area contributed by atoms with Gasteiger partial charge in [0, 0.05) is 15.7 Å². The summed E-state index contributed by atoms with van der Waals surface area (Å²) in [5.74, 6) is 0.306. The van der Waals surface area contributed by atoms with Crippen LogP contribution in [-0.2, 0) is 6.42 Å². The molecule has 0 aliphatic carbocycles. The maximum absolute atomic E-state index is 13.2. The molecule has 1 N–H and O–H groups in total. The minimum absolute atomic E-state index is 0.261. The highest BCUT2D eigenvalue weighted by atomic mass is 35.5. The normalized spacial score (nSPS) is 12.4. The molecule has 2 rings (SSSR count). The molecule has 0 bridgehead atoms. The van der Waals surface area contributed by atoms with Gasteiger partial charge in [0.2, 0.25) is 0 Å². The molecule has 1 nitrogen and oxygen atoms in total. The second-order valence-corrected chi connectivity index (χ2v) is 6.22. The Morgan fingerprint density at radius 3 is 2.60 bits per heavy atom. The lowest BCUT2D eigenvalue weighted by Gasteiger charge is -2.12. The lowest BCUT2D eigenvalue weighted by molar-refractivity contribution is 0.200. The van der Waals surface area contributed by atoms with Crippen molar-refractivity contribution in [3.63, 3.8) is 0 Å². The summed E-state index contributed by atoms with van der Waals surface area (Å²) in [4.78, 5) is 1.06. The van der Waals surface area contributed by atoms with Gasteiger partial charge in [-0.1, -0.05) is 17.7 Å². The second-order valence-electron chi connectivity index (χ2n) is 4.69. The van der Waals surface area contributed by atoms with E-state index < -0.39 is 6.10 Å². The van der Waals surface area contributed by atoms with Crippen LogP contribution in [0.5, 0.6) is 0 Å². The fourth-order valence-corrected chi connectivity index (χ4v) is 2.85. The van der Waals surface area contributed by atoms with E-state index >= 15 is 0 Å². The van der Waals surface area contributed by atoms with Gasteiger partial charge in [-0.15, -0.1) is 11.8 Å². The van der Waals surface area contributed by atoms with Gasteiger partial charge >= 0.3 is 0 Å². The zero-order chi connectivity index (χ0) is 14.5. The minimum Gasteiger partial charge on any atom is -0.392 e. The van der Waals surface area contributed by atoms with Crippen molar-refractivity contribution in [2.75, 3.05) is 5.75 Å². The molecular weight excluding hydrogens is 295 g/mol. The fourth-order valence-electron chi connectivity index (χ4n) is 1.90. The third-order valence-corrected chi connectivity index (χ3v) is 4.43. The molecule has 0 aliphatic heterocycles. The Labute approximate surface area is 127 Å². The van der Waals surface area contributed by atoms with Crippen molar-refractivity contribution in [2.45, 2.75) is 24.3 Å². The van der Waals surface area contributed by atoms with Crippen molar-refractivity contribution < 1.29 is 9.50 Å². The first-order valence-electron chi connectivity index (χ1n) is 6.36. The molecule has 106 valence electrons. The van der Waals surface area contributed by atoms with Crippen molar-refractivity contribution in [3.05, 3.63) is 64.4 Å². The lowest BCUT2D eigenvalue weighted by atomic mass is 10.0. The number of benzene rings is 2. The third kappa shape index (κ3) is 4.51. The van der Waals surface area contributed by atoms with E-state index in [0.29, 0.717) is 17.2 Å². The van der Waals surface area contributed by atoms with Gasteiger partial charge in [0.25, 0.3) is 0 Å². The number of aliphatic hydroxyl groups is 1. The summed E-state index contributed by atoms with van der Waals surface area (Å²) in [6.45, 7) is 1.92. The highest BCUT2D eigenvalue weighted by Crippen LogP contribution is 2.22. The van der Waals surface area contributed by atoms with E-state index in [1.54, 1.807) is 17.8 Å². The van der Waals surface area contributed by atoms with Crippen LogP contribution in [0.15, 0.2) is 47.4 Å². The number of aryl methyl sites for hydroxylation is 1. The van der Waals surface area contributed by atoms with Gasteiger partial charge in [-0.2, -0.15) is 0 Å². The molecule has 4 heteroatoms. The van der Waals surface area contributed by atoms with Gasteiger partial charge in [0.05, 0.1) is 6.10 Å². The Morgan fingerprint density at radius 1 is 1.20 bits per heavy atom. The van der Waals surface area contributed by atoms with Gasteiger partial charge < -0.3 is 5.11 Å². The molecular formula is C16H16ClFOS. The van der Waals surface area contributed by atoms with Crippen LogP contribution < -0.4 is 0 Å². The number of hydrogen-bond donors (Lipinski definition) is 1. The van der Waals surface area contributed by atoms with E-state index in [9.17, 15) is 9.50 Å². The smallest absolute Gasteiger partial charge is 0.123 e. The quantitative estimate of drug-likeness (QED) is 0.822. The molecule has 2 aromatic carbocycles. The number of aliphatic hydroxyl groups excluding tert-OH is 1. The van der Waals surface area contributed by atoms with Crippen molar-refractivity contribution in [2.24, 2.45) is 0 Å². The fraction of sp³-hybridized carbons (Fsp3) is 0.250. The van der Waals surface area contributed by atoms with Crippen LogP contribution in [-0.4, -0.2) is 17.0 Å². The Balaban J connectivity index is 1.90. The molecule has 1 unspecified atom stereocenters. The van der Waals surface area contributed by atoms with Crippen molar-refractivity contribution in [1.82, 2.24) is 0 Å². The first-order chi connectivity index (χ1) is 9.54. The van der Waals surface area contributed by atoms with Gasteiger partial charge in [0.15, 0.2) is 0 Å². The summed E-state index contributed by atoms with van der Waals surface area (Å²) in [6.07, 6.45) is -0.0411. The van der Waals surface area contributed by atoms with Crippen molar-refractivity contribution in [3.8, 4) is 0 Å². The lowest BCUT2D eigenvalue weighted by Crippen LogP contribution is -2.14. The van der Waals surface area contributed by atoms with Crippen LogP contribution in [0.3, 0.4) is 0 Å².